The summed E-state index contributed by atoms with van der Waals surface area (Å²) in [5, 5.41) is 17.3. The van der Waals surface area contributed by atoms with Gasteiger partial charge < -0.3 is 10.6 Å². The number of nitrogens with one attached hydrogen (secondary N) is 2. The lowest BCUT2D eigenvalue weighted by Crippen LogP contribution is -2.44. The van der Waals surface area contributed by atoms with E-state index in [9.17, 15) is 19.3 Å². The normalized spacial score (nSPS) is 16.7. The van der Waals surface area contributed by atoms with Crippen molar-refractivity contribution in [1.29, 1.82) is 0 Å². The van der Waals surface area contributed by atoms with E-state index in [0.717, 1.165) is 0 Å². The number of nitro groups is 1. The quantitative estimate of drug-likeness (QED) is 0.488. The summed E-state index contributed by atoms with van der Waals surface area (Å²) in [5.74, 6) is -0.631. The van der Waals surface area contributed by atoms with Crippen molar-refractivity contribution in [1.82, 2.24) is 10.6 Å². The van der Waals surface area contributed by atoms with E-state index in [1.807, 2.05) is 0 Å². The van der Waals surface area contributed by atoms with Crippen molar-refractivity contribution in [3.8, 4) is 0 Å². The van der Waals surface area contributed by atoms with Crippen LogP contribution in [0.5, 0.6) is 0 Å². The van der Waals surface area contributed by atoms with Crippen molar-refractivity contribution in [3.05, 3.63) is 81.2 Å². The van der Waals surface area contributed by atoms with Crippen LogP contribution in [-0.2, 0) is 4.79 Å². The number of ketones is 1. The second-order valence-electron chi connectivity index (χ2n) is 5.74. The van der Waals surface area contributed by atoms with Gasteiger partial charge in [-0.05, 0) is 54.5 Å². The molecule has 2 aromatic rings. The average molecular weight is 371 g/mol. The van der Waals surface area contributed by atoms with Crippen molar-refractivity contribution in [2.24, 2.45) is 0 Å². The smallest absolute Gasteiger partial charge is 0.269 e. The van der Waals surface area contributed by atoms with Gasteiger partial charge >= 0.3 is 0 Å². The number of carbonyl (C=O) groups is 1. The van der Waals surface area contributed by atoms with Crippen LogP contribution in [-0.4, -0.2) is 15.8 Å². The molecule has 8 heteroatoms. The number of nitrogens with zero attached hydrogens (tertiary/aromatic N) is 1. The number of non-ortho nitro benzene ring substituents is 1. The summed E-state index contributed by atoms with van der Waals surface area (Å²) in [7, 11) is 0. The third-order valence-corrected chi connectivity index (χ3v) is 4.22. The number of hydrogen-bond acceptors (Lipinski definition) is 4. The third kappa shape index (κ3) is 3.45. The standard InChI is InChI=1S/C18H14FN3O3S/c1-10(23)15-16(11-5-7-13(19)8-6-11)20-18(26)21-17(15)12-3-2-4-14(9-12)22(24)25/h2-9,17H,1H3,(H2,20,21,26)/t17-/m1/s1. The summed E-state index contributed by atoms with van der Waals surface area (Å²) in [4.78, 5) is 22.9. The Morgan fingerprint density at radius 2 is 1.92 bits per heavy atom. The molecule has 0 fully saturated rings. The highest BCUT2D eigenvalue weighted by atomic mass is 32.1. The molecule has 0 radical (unpaired) electrons. The van der Waals surface area contributed by atoms with E-state index in [0.29, 0.717) is 22.4 Å². The molecule has 1 aliphatic heterocycles. The number of thiocarbonyl (C=S) groups is 1. The lowest BCUT2D eigenvalue weighted by Gasteiger charge is -2.31. The Balaban J connectivity index is 2.17. The number of rotatable bonds is 4. The Hall–Kier alpha value is -3.13. The lowest BCUT2D eigenvalue weighted by molar-refractivity contribution is -0.384. The summed E-state index contributed by atoms with van der Waals surface area (Å²) in [6.07, 6.45) is 0. The van der Waals surface area contributed by atoms with Crippen molar-refractivity contribution in [2.45, 2.75) is 13.0 Å². The van der Waals surface area contributed by atoms with E-state index in [-0.39, 0.29) is 16.6 Å². The van der Waals surface area contributed by atoms with Gasteiger partial charge in [-0.2, -0.15) is 0 Å². The molecule has 0 unspecified atom stereocenters. The van der Waals surface area contributed by atoms with Gasteiger partial charge in [-0.3, -0.25) is 14.9 Å². The van der Waals surface area contributed by atoms with Crippen LogP contribution in [0.1, 0.15) is 24.1 Å². The molecule has 1 heterocycles. The molecule has 6 nitrogen and oxygen atoms in total. The van der Waals surface area contributed by atoms with Crippen LogP contribution in [0.3, 0.4) is 0 Å². The van der Waals surface area contributed by atoms with Crippen molar-refractivity contribution < 1.29 is 14.1 Å². The first kappa shape index (κ1) is 17.7. The minimum absolute atomic E-state index is 0.0833. The van der Waals surface area contributed by atoms with Gasteiger partial charge in [0.25, 0.3) is 5.69 Å². The number of carbonyl (C=O) groups excluding carboxylic acids is 1. The maximum atomic E-state index is 13.2. The predicted molar refractivity (Wildman–Crippen MR) is 98.7 cm³/mol. The number of Topliss-reactive ketones (excluding diaryl/α,β-unsaturated/α-hetero) is 1. The molecule has 0 bridgehead atoms. The van der Waals surface area contributed by atoms with E-state index in [4.69, 9.17) is 12.2 Å². The Labute approximate surface area is 153 Å². The molecular formula is C18H14FN3O3S. The fraction of sp³-hybridized carbons (Fsp3) is 0.111. The molecular weight excluding hydrogens is 357 g/mol. The molecule has 0 aromatic heterocycles. The fourth-order valence-corrected chi connectivity index (χ4v) is 3.08. The summed E-state index contributed by atoms with van der Waals surface area (Å²) >= 11 is 5.23. The monoisotopic (exact) mass is 371 g/mol. The van der Waals surface area contributed by atoms with Crippen molar-refractivity contribution in [3.63, 3.8) is 0 Å². The first-order valence-corrected chi connectivity index (χ1v) is 8.10. The molecule has 132 valence electrons. The van der Waals surface area contributed by atoms with Gasteiger partial charge in [0.2, 0.25) is 0 Å². The molecule has 26 heavy (non-hydrogen) atoms. The largest absolute Gasteiger partial charge is 0.351 e. The molecule has 1 atom stereocenters. The number of hydrogen-bond donors (Lipinski definition) is 2. The summed E-state index contributed by atoms with van der Waals surface area (Å²) < 4.78 is 13.2. The second-order valence-corrected chi connectivity index (χ2v) is 6.14. The maximum Gasteiger partial charge on any atom is 0.269 e. The van der Waals surface area contributed by atoms with Crippen LogP contribution in [0.15, 0.2) is 54.1 Å². The fourth-order valence-electron chi connectivity index (χ4n) is 2.86. The zero-order chi connectivity index (χ0) is 18.8. The minimum atomic E-state index is -0.652. The number of nitro benzene ring substituents is 1. The first-order valence-electron chi connectivity index (χ1n) is 7.69. The van der Waals surface area contributed by atoms with E-state index >= 15 is 0 Å². The van der Waals surface area contributed by atoms with Gasteiger partial charge in [-0.15, -0.1) is 0 Å². The summed E-state index contributed by atoms with van der Waals surface area (Å²) in [6, 6.07) is 11.0. The molecule has 3 rings (SSSR count). The molecule has 0 amide bonds. The van der Waals surface area contributed by atoms with Crippen LogP contribution < -0.4 is 10.6 Å². The lowest BCUT2D eigenvalue weighted by atomic mass is 9.90. The van der Waals surface area contributed by atoms with Gasteiger partial charge in [-0.25, -0.2) is 4.39 Å². The topological polar surface area (TPSA) is 84.3 Å². The maximum absolute atomic E-state index is 13.2. The molecule has 2 N–H and O–H groups in total. The number of halogens is 1. The van der Waals surface area contributed by atoms with Crippen LogP contribution in [0.4, 0.5) is 10.1 Å². The summed E-state index contributed by atoms with van der Waals surface area (Å²) in [6.45, 7) is 1.40. The summed E-state index contributed by atoms with van der Waals surface area (Å²) in [5.41, 5.74) is 1.87. The van der Waals surface area contributed by atoms with E-state index in [1.54, 1.807) is 24.3 Å². The van der Waals surface area contributed by atoms with E-state index in [2.05, 4.69) is 10.6 Å². The molecule has 0 saturated heterocycles. The Morgan fingerprint density at radius 1 is 1.23 bits per heavy atom. The highest BCUT2D eigenvalue weighted by Crippen LogP contribution is 2.33. The minimum Gasteiger partial charge on any atom is -0.351 e. The molecule has 0 aliphatic carbocycles. The zero-order valence-corrected chi connectivity index (χ0v) is 14.5. The van der Waals surface area contributed by atoms with Crippen LogP contribution >= 0.6 is 12.2 Å². The van der Waals surface area contributed by atoms with Crippen molar-refractivity contribution in [2.75, 3.05) is 0 Å². The second kappa shape index (κ2) is 7.01. The molecule has 1 aliphatic rings. The zero-order valence-electron chi connectivity index (χ0n) is 13.7. The van der Waals surface area contributed by atoms with Gasteiger partial charge in [0.15, 0.2) is 10.9 Å². The SMILES string of the molecule is CC(=O)C1=C(c2ccc(F)cc2)NC(=S)N[C@@H]1c1cccc([N+](=O)[O-])c1. The highest BCUT2D eigenvalue weighted by Gasteiger charge is 2.30. The van der Waals surface area contributed by atoms with Gasteiger partial charge in [0.05, 0.1) is 16.7 Å². The Morgan fingerprint density at radius 3 is 2.54 bits per heavy atom. The molecule has 0 saturated carbocycles. The third-order valence-electron chi connectivity index (χ3n) is 4.00. The van der Waals surface area contributed by atoms with Gasteiger partial charge in [0, 0.05) is 17.7 Å². The van der Waals surface area contributed by atoms with E-state index < -0.39 is 16.8 Å². The average Bonchev–Trinajstić information content (AvgIpc) is 2.61. The Bertz CT molecular complexity index is 941. The van der Waals surface area contributed by atoms with E-state index in [1.165, 1.54) is 31.2 Å². The van der Waals surface area contributed by atoms with Gasteiger partial charge in [0.1, 0.15) is 5.82 Å². The number of benzene rings is 2. The van der Waals surface area contributed by atoms with Crippen LogP contribution in [0, 0.1) is 15.9 Å². The highest BCUT2D eigenvalue weighted by molar-refractivity contribution is 7.80. The predicted octanol–water partition coefficient (Wildman–Crippen LogP) is 3.25. The first-order chi connectivity index (χ1) is 12.4. The Kier molecular flexibility index (Phi) is 4.77. The molecule has 2 aromatic carbocycles. The molecule has 0 spiro atoms. The van der Waals surface area contributed by atoms with Gasteiger partial charge in [-0.1, -0.05) is 12.1 Å². The van der Waals surface area contributed by atoms with Crippen LogP contribution in [0.25, 0.3) is 5.70 Å². The van der Waals surface area contributed by atoms with Crippen LogP contribution in [0.2, 0.25) is 0 Å². The van der Waals surface area contributed by atoms with Crippen molar-refractivity contribution >= 4 is 34.5 Å².